The number of ether oxygens (including phenoxy) is 3. The lowest BCUT2D eigenvalue weighted by Crippen LogP contribution is -2.40. The van der Waals surface area contributed by atoms with E-state index in [1.807, 2.05) is 6.92 Å². The third-order valence-corrected chi connectivity index (χ3v) is 7.20. The fourth-order valence-corrected chi connectivity index (χ4v) is 4.92. The number of hydrogen-bond acceptors (Lipinski definition) is 6. The average molecular weight is 537 g/mol. The third kappa shape index (κ3) is 6.38. The number of carbonyl (C=O) groups is 1. The van der Waals surface area contributed by atoms with Crippen LogP contribution in [0.5, 0.6) is 17.2 Å². The van der Waals surface area contributed by atoms with Gasteiger partial charge in [-0.15, -0.1) is 0 Å². The number of anilines is 1. The van der Waals surface area contributed by atoms with Gasteiger partial charge in [0.1, 0.15) is 18.1 Å². The van der Waals surface area contributed by atoms with Crippen LogP contribution in [0.1, 0.15) is 12.5 Å². The molecule has 11 heteroatoms. The summed E-state index contributed by atoms with van der Waals surface area (Å²) in [6, 6.07) is 14.6. The topological polar surface area (TPSA) is 94.2 Å². The SMILES string of the molecule is CCOc1ccc(CNC(=O)CN(c2ccc(F)c(Cl)c2)S(=O)(=O)c2ccc(OC)c(OC)c2)cc1. The summed E-state index contributed by atoms with van der Waals surface area (Å²) in [5, 5.41) is 2.42. The van der Waals surface area contributed by atoms with Gasteiger partial charge in [-0.3, -0.25) is 9.10 Å². The predicted octanol–water partition coefficient (Wildman–Crippen LogP) is 4.41. The number of rotatable bonds is 11. The van der Waals surface area contributed by atoms with Crippen molar-refractivity contribution in [2.75, 3.05) is 31.7 Å². The molecule has 1 N–H and O–H groups in total. The Kier molecular flexibility index (Phi) is 9.00. The molecule has 0 fully saturated rings. The lowest BCUT2D eigenvalue weighted by atomic mass is 10.2. The second-order valence-electron chi connectivity index (χ2n) is 7.48. The predicted molar refractivity (Wildman–Crippen MR) is 135 cm³/mol. The second-order valence-corrected chi connectivity index (χ2v) is 9.75. The van der Waals surface area contributed by atoms with E-state index >= 15 is 0 Å². The zero-order chi connectivity index (χ0) is 26.3. The highest BCUT2D eigenvalue weighted by molar-refractivity contribution is 7.92. The van der Waals surface area contributed by atoms with Gasteiger partial charge in [0, 0.05) is 12.6 Å². The van der Waals surface area contributed by atoms with Gasteiger partial charge in [-0.1, -0.05) is 23.7 Å². The van der Waals surface area contributed by atoms with Crippen LogP contribution in [0.2, 0.25) is 5.02 Å². The van der Waals surface area contributed by atoms with Crippen molar-refractivity contribution in [2.24, 2.45) is 0 Å². The number of methoxy groups -OCH3 is 2. The van der Waals surface area contributed by atoms with Crippen LogP contribution in [-0.4, -0.2) is 41.7 Å². The van der Waals surface area contributed by atoms with E-state index in [9.17, 15) is 17.6 Å². The van der Waals surface area contributed by atoms with E-state index in [0.717, 1.165) is 22.0 Å². The first-order chi connectivity index (χ1) is 17.2. The van der Waals surface area contributed by atoms with Gasteiger partial charge in [-0.25, -0.2) is 12.8 Å². The first-order valence-corrected chi connectivity index (χ1v) is 12.7. The Morgan fingerprint density at radius 1 is 1.00 bits per heavy atom. The molecule has 0 atom stereocenters. The summed E-state index contributed by atoms with van der Waals surface area (Å²) in [5.41, 5.74) is 0.818. The summed E-state index contributed by atoms with van der Waals surface area (Å²) in [6.45, 7) is 2.01. The van der Waals surface area contributed by atoms with Crippen LogP contribution in [0, 0.1) is 5.82 Å². The van der Waals surface area contributed by atoms with Crippen LogP contribution >= 0.6 is 11.6 Å². The fourth-order valence-electron chi connectivity index (χ4n) is 3.32. The molecular formula is C25H26ClFN2O6S. The Balaban J connectivity index is 1.88. The molecular weight excluding hydrogens is 511 g/mol. The van der Waals surface area contributed by atoms with Crippen LogP contribution in [0.3, 0.4) is 0 Å². The van der Waals surface area contributed by atoms with Gasteiger partial charge >= 0.3 is 0 Å². The Morgan fingerprint density at radius 3 is 2.31 bits per heavy atom. The zero-order valence-electron chi connectivity index (χ0n) is 20.0. The van der Waals surface area contributed by atoms with E-state index in [1.165, 1.54) is 38.5 Å². The molecule has 8 nitrogen and oxygen atoms in total. The van der Waals surface area contributed by atoms with Gasteiger partial charge in [0.25, 0.3) is 10.0 Å². The van der Waals surface area contributed by atoms with Crippen molar-refractivity contribution < 1.29 is 31.8 Å². The summed E-state index contributed by atoms with van der Waals surface area (Å²) >= 11 is 5.91. The summed E-state index contributed by atoms with van der Waals surface area (Å²) < 4.78 is 57.6. The zero-order valence-corrected chi connectivity index (χ0v) is 21.5. The van der Waals surface area contributed by atoms with Gasteiger partial charge in [0.15, 0.2) is 11.5 Å². The van der Waals surface area contributed by atoms with E-state index in [0.29, 0.717) is 18.1 Å². The highest BCUT2D eigenvalue weighted by Crippen LogP contribution is 2.33. The number of nitrogens with zero attached hydrogens (tertiary/aromatic N) is 1. The number of nitrogens with one attached hydrogen (secondary N) is 1. The molecule has 0 bridgehead atoms. The molecule has 3 rings (SSSR count). The smallest absolute Gasteiger partial charge is 0.264 e. The lowest BCUT2D eigenvalue weighted by molar-refractivity contribution is -0.119. The Bertz CT molecular complexity index is 1320. The number of halogens is 2. The van der Waals surface area contributed by atoms with Crippen LogP contribution in [0.15, 0.2) is 65.6 Å². The largest absolute Gasteiger partial charge is 0.494 e. The fraction of sp³-hybridized carbons (Fsp3) is 0.240. The summed E-state index contributed by atoms with van der Waals surface area (Å²) in [4.78, 5) is 12.7. The Hall–Kier alpha value is -3.50. The molecule has 0 aliphatic rings. The molecule has 0 aliphatic carbocycles. The maximum Gasteiger partial charge on any atom is 0.264 e. The number of hydrogen-bond donors (Lipinski definition) is 1. The van der Waals surface area contributed by atoms with Gasteiger partial charge in [-0.05, 0) is 55.0 Å². The average Bonchev–Trinajstić information content (AvgIpc) is 2.88. The quantitative estimate of drug-likeness (QED) is 0.390. The molecule has 0 radical (unpaired) electrons. The van der Waals surface area contributed by atoms with Crippen LogP contribution < -0.4 is 23.8 Å². The van der Waals surface area contributed by atoms with Crippen molar-refractivity contribution in [1.29, 1.82) is 0 Å². The molecule has 3 aromatic carbocycles. The highest BCUT2D eigenvalue weighted by Gasteiger charge is 2.29. The minimum absolute atomic E-state index is 0.0207. The van der Waals surface area contributed by atoms with E-state index in [-0.39, 0.29) is 27.9 Å². The van der Waals surface area contributed by atoms with Gasteiger partial charge in [-0.2, -0.15) is 0 Å². The minimum atomic E-state index is -4.29. The molecule has 0 spiro atoms. The second kappa shape index (κ2) is 12.0. The first-order valence-electron chi connectivity index (χ1n) is 10.9. The third-order valence-electron chi connectivity index (χ3n) is 5.15. The monoisotopic (exact) mass is 536 g/mol. The molecule has 1 amide bonds. The first kappa shape index (κ1) is 27.1. The molecule has 0 unspecified atom stereocenters. The highest BCUT2D eigenvalue weighted by atomic mass is 35.5. The van der Waals surface area contributed by atoms with E-state index in [4.69, 9.17) is 25.8 Å². The van der Waals surface area contributed by atoms with Crippen molar-refractivity contribution in [1.82, 2.24) is 5.32 Å². The summed E-state index contributed by atoms with van der Waals surface area (Å²) in [5.74, 6) is -0.0679. The van der Waals surface area contributed by atoms with Crippen LogP contribution in [0.25, 0.3) is 0 Å². The molecule has 3 aromatic rings. The van der Waals surface area contributed by atoms with Crippen molar-refractivity contribution in [2.45, 2.75) is 18.4 Å². The van der Waals surface area contributed by atoms with Gasteiger partial charge < -0.3 is 19.5 Å². The minimum Gasteiger partial charge on any atom is -0.494 e. The lowest BCUT2D eigenvalue weighted by Gasteiger charge is -2.25. The van der Waals surface area contributed by atoms with Crippen molar-refractivity contribution in [3.8, 4) is 17.2 Å². The molecule has 0 saturated carbocycles. The Morgan fingerprint density at radius 2 is 1.69 bits per heavy atom. The van der Waals surface area contributed by atoms with E-state index in [1.54, 1.807) is 24.3 Å². The molecule has 0 aliphatic heterocycles. The summed E-state index contributed by atoms with van der Waals surface area (Å²) in [7, 11) is -1.49. The van der Waals surface area contributed by atoms with Crippen molar-refractivity contribution in [3.63, 3.8) is 0 Å². The molecule has 0 saturated heterocycles. The van der Waals surface area contributed by atoms with Crippen molar-refractivity contribution >= 4 is 33.2 Å². The molecule has 192 valence electrons. The maximum atomic E-state index is 13.8. The van der Waals surface area contributed by atoms with E-state index < -0.39 is 28.3 Å². The van der Waals surface area contributed by atoms with E-state index in [2.05, 4.69) is 5.32 Å². The molecule has 0 heterocycles. The number of amides is 1. The van der Waals surface area contributed by atoms with Crippen LogP contribution in [-0.2, 0) is 21.4 Å². The van der Waals surface area contributed by atoms with Gasteiger partial charge in [0.2, 0.25) is 5.91 Å². The normalized spacial score (nSPS) is 11.0. The summed E-state index contributed by atoms with van der Waals surface area (Å²) in [6.07, 6.45) is 0. The van der Waals surface area contributed by atoms with Gasteiger partial charge in [0.05, 0.1) is 36.4 Å². The molecule has 0 aromatic heterocycles. The maximum absolute atomic E-state index is 13.8. The van der Waals surface area contributed by atoms with Crippen LogP contribution in [0.4, 0.5) is 10.1 Å². The number of sulfonamides is 1. The standard InChI is InChI=1S/C25H26ClFN2O6S/c1-4-35-19-8-5-17(6-9-19)15-28-25(30)16-29(18-7-11-22(27)21(26)13-18)36(31,32)20-10-12-23(33-2)24(14-20)34-3/h5-14H,4,15-16H2,1-3H3,(H,28,30). The van der Waals surface area contributed by atoms with Crippen molar-refractivity contribution in [3.05, 3.63) is 77.1 Å². The number of benzene rings is 3. The molecule has 36 heavy (non-hydrogen) atoms. The number of carbonyl (C=O) groups excluding carboxylic acids is 1. The Labute approximate surface area is 214 Å².